The van der Waals surface area contributed by atoms with Gasteiger partial charge < -0.3 is 15.4 Å². The van der Waals surface area contributed by atoms with Crippen molar-refractivity contribution in [2.45, 2.75) is 38.1 Å². The van der Waals surface area contributed by atoms with Crippen LogP contribution in [0.2, 0.25) is 0 Å². The molecule has 0 aliphatic heterocycles. The van der Waals surface area contributed by atoms with Gasteiger partial charge in [-0.3, -0.25) is 0 Å². The highest BCUT2D eigenvalue weighted by Gasteiger charge is 2.53. The van der Waals surface area contributed by atoms with E-state index in [1.165, 1.54) is 31.7 Å². The molecule has 0 radical (unpaired) electrons. The molecular weight excluding hydrogens is 307 g/mol. The highest BCUT2D eigenvalue weighted by atomic mass is 19.1. The van der Waals surface area contributed by atoms with Gasteiger partial charge in [-0.1, -0.05) is 18.6 Å². The fourth-order valence-electron chi connectivity index (χ4n) is 5.34. The van der Waals surface area contributed by atoms with E-state index >= 15 is 0 Å². The first kappa shape index (κ1) is 15.7. The fourth-order valence-corrected chi connectivity index (χ4v) is 5.34. The average molecular weight is 332 g/mol. The Bertz CT molecular complexity index is 609. The summed E-state index contributed by atoms with van der Waals surface area (Å²) in [5, 5.41) is 5.97. The number of hydrogen-bond acceptors (Lipinski definition) is 2. The highest BCUT2D eigenvalue weighted by Crippen LogP contribution is 2.58. The first-order valence-electron chi connectivity index (χ1n) is 9.14. The third-order valence-corrected chi connectivity index (χ3v) is 6.23. The van der Waals surface area contributed by atoms with Crippen LogP contribution in [-0.2, 0) is 0 Å². The number of carbonyl (C=O) groups is 1. The number of hydrogen-bond donors (Lipinski definition) is 2. The maximum Gasteiger partial charge on any atom is 0.315 e. The molecule has 0 aromatic heterocycles. The number of halogens is 1. The minimum Gasteiger partial charge on any atom is -0.489 e. The molecule has 3 saturated carbocycles. The molecule has 1 aromatic carbocycles. The van der Waals surface area contributed by atoms with Crippen LogP contribution in [0.5, 0.6) is 5.75 Å². The molecule has 130 valence electrons. The average Bonchev–Trinajstić information content (AvgIpc) is 3.25. The SMILES string of the molecule is O=C(NCCOc1ccccc1F)NC1CC2CC1C1CCCC21. The third-order valence-electron chi connectivity index (χ3n) is 6.23. The number of benzene rings is 1. The zero-order valence-electron chi connectivity index (χ0n) is 13.8. The molecule has 2 amide bonds. The fraction of sp³-hybridized carbons (Fsp3) is 0.632. The number of nitrogens with one attached hydrogen (secondary N) is 2. The lowest BCUT2D eigenvalue weighted by molar-refractivity contribution is 0.196. The topological polar surface area (TPSA) is 50.4 Å². The van der Waals surface area contributed by atoms with E-state index in [4.69, 9.17) is 4.74 Å². The van der Waals surface area contributed by atoms with Crippen molar-refractivity contribution in [3.05, 3.63) is 30.1 Å². The van der Waals surface area contributed by atoms with Gasteiger partial charge in [-0.05, 0) is 61.5 Å². The molecule has 5 heteroatoms. The third kappa shape index (κ3) is 2.96. The Hall–Kier alpha value is -1.78. The maximum absolute atomic E-state index is 13.4. The number of fused-ring (bicyclic) bond motifs is 5. The quantitative estimate of drug-likeness (QED) is 0.813. The van der Waals surface area contributed by atoms with Gasteiger partial charge >= 0.3 is 6.03 Å². The second-order valence-electron chi connectivity index (χ2n) is 7.44. The molecule has 5 unspecified atom stereocenters. The molecule has 2 N–H and O–H groups in total. The Morgan fingerprint density at radius 3 is 2.88 bits per heavy atom. The van der Waals surface area contributed by atoms with Crippen molar-refractivity contribution in [1.82, 2.24) is 10.6 Å². The summed E-state index contributed by atoms with van der Waals surface area (Å²) in [5.74, 6) is 3.14. The Balaban J connectivity index is 1.19. The first-order chi connectivity index (χ1) is 11.7. The molecule has 3 fully saturated rings. The molecular formula is C19H25FN2O2. The second kappa shape index (κ2) is 6.61. The first-order valence-corrected chi connectivity index (χ1v) is 9.14. The Kier molecular flexibility index (Phi) is 4.33. The Morgan fingerprint density at radius 1 is 1.17 bits per heavy atom. The number of ether oxygens (including phenoxy) is 1. The summed E-state index contributed by atoms with van der Waals surface area (Å²) < 4.78 is 18.8. The molecule has 0 saturated heterocycles. The second-order valence-corrected chi connectivity index (χ2v) is 7.44. The molecule has 3 aliphatic rings. The molecule has 3 aliphatic carbocycles. The van der Waals surface area contributed by atoms with Crippen molar-refractivity contribution in [2.24, 2.45) is 23.7 Å². The van der Waals surface area contributed by atoms with E-state index in [1.807, 2.05) is 0 Å². The molecule has 0 heterocycles. The largest absolute Gasteiger partial charge is 0.489 e. The van der Waals surface area contributed by atoms with Crippen LogP contribution in [0.15, 0.2) is 24.3 Å². The van der Waals surface area contributed by atoms with Crippen LogP contribution in [0.1, 0.15) is 32.1 Å². The summed E-state index contributed by atoms with van der Waals surface area (Å²) in [6.07, 6.45) is 6.57. The van der Waals surface area contributed by atoms with Crippen LogP contribution in [0.4, 0.5) is 9.18 Å². The molecule has 0 spiro atoms. The van der Waals surface area contributed by atoms with Gasteiger partial charge in [0.1, 0.15) is 6.61 Å². The molecule has 2 bridgehead atoms. The van der Waals surface area contributed by atoms with E-state index in [2.05, 4.69) is 10.6 Å². The lowest BCUT2D eigenvalue weighted by Gasteiger charge is -2.32. The van der Waals surface area contributed by atoms with Crippen molar-refractivity contribution in [1.29, 1.82) is 0 Å². The van der Waals surface area contributed by atoms with Crippen molar-refractivity contribution >= 4 is 6.03 Å². The van der Waals surface area contributed by atoms with Gasteiger partial charge in [0.15, 0.2) is 11.6 Å². The lowest BCUT2D eigenvalue weighted by atomic mass is 9.79. The van der Waals surface area contributed by atoms with Crippen LogP contribution in [0, 0.1) is 29.5 Å². The van der Waals surface area contributed by atoms with Gasteiger partial charge in [-0.15, -0.1) is 0 Å². The van der Waals surface area contributed by atoms with Crippen molar-refractivity contribution in [3.63, 3.8) is 0 Å². The summed E-state index contributed by atoms with van der Waals surface area (Å²) >= 11 is 0. The number of urea groups is 1. The van der Waals surface area contributed by atoms with E-state index in [9.17, 15) is 9.18 Å². The van der Waals surface area contributed by atoms with Gasteiger partial charge in [0.2, 0.25) is 0 Å². The number of carbonyl (C=O) groups excluding carboxylic acids is 1. The van der Waals surface area contributed by atoms with Crippen LogP contribution >= 0.6 is 0 Å². The smallest absolute Gasteiger partial charge is 0.315 e. The summed E-state index contributed by atoms with van der Waals surface area (Å²) in [6, 6.07) is 6.51. The molecule has 5 atom stereocenters. The van der Waals surface area contributed by atoms with E-state index < -0.39 is 0 Å². The lowest BCUT2D eigenvalue weighted by Crippen LogP contribution is -2.47. The van der Waals surface area contributed by atoms with Crippen LogP contribution in [0.25, 0.3) is 0 Å². The molecule has 4 nitrogen and oxygen atoms in total. The number of amides is 2. The van der Waals surface area contributed by atoms with Crippen molar-refractivity contribution in [2.75, 3.05) is 13.2 Å². The maximum atomic E-state index is 13.4. The number of para-hydroxylation sites is 1. The van der Waals surface area contributed by atoms with E-state index in [-0.39, 0.29) is 24.2 Å². The van der Waals surface area contributed by atoms with Crippen LogP contribution in [-0.4, -0.2) is 25.2 Å². The molecule has 24 heavy (non-hydrogen) atoms. The predicted octanol–water partition coefficient (Wildman–Crippen LogP) is 3.33. The zero-order chi connectivity index (χ0) is 16.5. The normalized spacial score (nSPS) is 33.3. The highest BCUT2D eigenvalue weighted by molar-refractivity contribution is 5.74. The van der Waals surface area contributed by atoms with Gasteiger partial charge in [0.05, 0.1) is 6.54 Å². The van der Waals surface area contributed by atoms with Crippen LogP contribution in [0.3, 0.4) is 0 Å². The van der Waals surface area contributed by atoms with E-state index in [1.54, 1.807) is 18.2 Å². The summed E-state index contributed by atoms with van der Waals surface area (Å²) in [4.78, 5) is 12.1. The van der Waals surface area contributed by atoms with Crippen molar-refractivity contribution in [3.8, 4) is 5.75 Å². The van der Waals surface area contributed by atoms with Gasteiger partial charge in [-0.25, -0.2) is 9.18 Å². The summed E-state index contributed by atoms with van der Waals surface area (Å²) in [5.41, 5.74) is 0. The summed E-state index contributed by atoms with van der Waals surface area (Å²) in [6.45, 7) is 0.628. The predicted molar refractivity (Wildman–Crippen MR) is 89.3 cm³/mol. The van der Waals surface area contributed by atoms with Gasteiger partial charge in [0.25, 0.3) is 0 Å². The Morgan fingerprint density at radius 2 is 2.00 bits per heavy atom. The standard InChI is InChI=1S/C19H25FN2O2/c20-16-6-1-2-7-18(16)24-9-8-21-19(23)22-17-11-12-10-15(17)14-5-3-4-13(12)14/h1-2,6-7,12-15,17H,3-5,8-11H2,(H2,21,22,23). The Labute approximate surface area is 142 Å². The molecule has 1 aromatic rings. The molecule has 4 rings (SSSR count). The minimum absolute atomic E-state index is 0.126. The van der Waals surface area contributed by atoms with Crippen molar-refractivity contribution < 1.29 is 13.9 Å². The monoisotopic (exact) mass is 332 g/mol. The van der Waals surface area contributed by atoms with E-state index in [0.29, 0.717) is 18.5 Å². The minimum atomic E-state index is -0.380. The van der Waals surface area contributed by atoms with Crippen LogP contribution < -0.4 is 15.4 Å². The van der Waals surface area contributed by atoms with Gasteiger partial charge in [0, 0.05) is 6.04 Å². The van der Waals surface area contributed by atoms with E-state index in [0.717, 1.165) is 24.2 Å². The number of rotatable bonds is 5. The zero-order valence-corrected chi connectivity index (χ0v) is 13.8. The summed E-state index contributed by atoms with van der Waals surface area (Å²) in [7, 11) is 0. The van der Waals surface area contributed by atoms with Gasteiger partial charge in [-0.2, -0.15) is 0 Å².